The van der Waals surface area contributed by atoms with Crippen molar-refractivity contribution in [3.63, 3.8) is 0 Å². The van der Waals surface area contributed by atoms with E-state index < -0.39 is 8.07 Å². The van der Waals surface area contributed by atoms with Crippen molar-refractivity contribution in [2.45, 2.75) is 13.1 Å². The van der Waals surface area contributed by atoms with Crippen LogP contribution < -0.4 is 10.4 Å². The van der Waals surface area contributed by atoms with Crippen molar-refractivity contribution >= 4 is 18.4 Å². The van der Waals surface area contributed by atoms with Crippen LogP contribution in [0.3, 0.4) is 0 Å². The van der Waals surface area contributed by atoms with Gasteiger partial charge in [0.1, 0.15) is 8.07 Å². The van der Waals surface area contributed by atoms with E-state index in [2.05, 4.69) is 82.0 Å². The molecule has 180 valence electrons. The minimum atomic E-state index is -1.93. The van der Waals surface area contributed by atoms with Crippen molar-refractivity contribution in [1.29, 1.82) is 0 Å². The predicted molar refractivity (Wildman–Crippen MR) is 147 cm³/mol. The molecular formula is C30H24N4O2Si. The molecule has 0 aliphatic heterocycles. The number of hydrogen-bond acceptors (Lipinski definition) is 6. The van der Waals surface area contributed by atoms with E-state index in [0.717, 1.165) is 22.3 Å². The molecule has 0 aliphatic rings. The lowest BCUT2D eigenvalue weighted by atomic mass is 10.2. The van der Waals surface area contributed by atoms with Crippen LogP contribution in [0.5, 0.6) is 0 Å². The van der Waals surface area contributed by atoms with E-state index in [4.69, 9.17) is 8.83 Å². The highest BCUT2D eigenvalue weighted by molar-refractivity contribution is 7.00. The fourth-order valence-corrected chi connectivity index (χ4v) is 6.63. The summed E-state index contributed by atoms with van der Waals surface area (Å²) < 4.78 is 11.8. The van der Waals surface area contributed by atoms with E-state index >= 15 is 0 Å². The summed E-state index contributed by atoms with van der Waals surface area (Å²) >= 11 is 0. The van der Waals surface area contributed by atoms with Gasteiger partial charge in [0.15, 0.2) is 0 Å². The summed E-state index contributed by atoms with van der Waals surface area (Å²) in [6.45, 7) is 4.69. The quantitative estimate of drug-likeness (QED) is 0.263. The zero-order valence-corrected chi connectivity index (χ0v) is 21.5. The van der Waals surface area contributed by atoms with Crippen LogP contribution in [-0.4, -0.2) is 28.5 Å². The molecule has 0 aliphatic carbocycles. The molecule has 0 saturated heterocycles. The van der Waals surface area contributed by atoms with Gasteiger partial charge in [0.05, 0.1) is 0 Å². The Morgan fingerprint density at radius 1 is 0.405 bits per heavy atom. The van der Waals surface area contributed by atoms with Crippen LogP contribution in [0.4, 0.5) is 0 Å². The second-order valence-corrected chi connectivity index (χ2v) is 13.7. The summed E-state index contributed by atoms with van der Waals surface area (Å²) in [6, 6.07) is 36.5. The van der Waals surface area contributed by atoms with Crippen molar-refractivity contribution in [1.82, 2.24) is 20.4 Å². The first kappa shape index (κ1) is 22.8. The van der Waals surface area contributed by atoms with Gasteiger partial charge < -0.3 is 8.83 Å². The van der Waals surface area contributed by atoms with E-state index in [1.807, 2.05) is 60.7 Å². The molecule has 0 unspecified atom stereocenters. The van der Waals surface area contributed by atoms with Crippen LogP contribution in [-0.2, 0) is 0 Å². The van der Waals surface area contributed by atoms with E-state index in [1.165, 1.54) is 10.4 Å². The zero-order chi connectivity index (χ0) is 25.2. The van der Waals surface area contributed by atoms with Crippen LogP contribution in [0.25, 0.3) is 45.8 Å². The van der Waals surface area contributed by atoms with E-state index in [1.54, 1.807) is 0 Å². The summed E-state index contributed by atoms with van der Waals surface area (Å²) in [6.07, 6.45) is 0. The highest BCUT2D eigenvalue weighted by Gasteiger charge is 2.26. The average molecular weight is 501 g/mol. The Kier molecular flexibility index (Phi) is 5.82. The molecular weight excluding hydrogens is 476 g/mol. The van der Waals surface area contributed by atoms with Gasteiger partial charge in [0.25, 0.3) is 0 Å². The van der Waals surface area contributed by atoms with Crippen molar-refractivity contribution < 1.29 is 8.83 Å². The monoisotopic (exact) mass is 500 g/mol. The molecule has 4 aromatic carbocycles. The van der Waals surface area contributed by atoms with Gasteiger partial charge in [-0.1, -0.05) is 84.1 Å². The third-order valence-electron chi connectivity index (χ3n) is 6.60. The molecule has 6 nitrogen and oxygen atoms in total. The molecule has 0 fully saturated rings. The van der Waals surface area contributed by atoms with Gasteiger partial charge in [0, 0.05) is 22.3 Å². The van der Waals surface area contributed by atoms with E-state index in [9.17, 15) is 0 Å². The Morgan fingerprint density at radius 3 is 1.03 bits per heavy atom. The minimum Gasteiger partial charge on any atom is -0.416 e. The summed E-state index contributed by atoms with van der Waals surface area (Å²) in [5, 5.41) is 19.5. The summed E-state index contributed by atoms with van der Waals surface area (Å²) in [4.78, 5) is 0. The molecule has 0 bridgehead atoms. The van der Waals surface area contributed by atoms with Gasteiger partial charge in [-0.2, -0.15) is 0 Å². The Labute approximate surface area is 215 Å². The topological polar surface area (TPSA) is 77.8 Å². The van der Waals surface area contributed by atoms with E-state index in [-0.39, 0.29) is 0 Å². The molecule has 0 radical (unpaired) electrons. The molecule has 0 atom stereocenters. The van der Waals surface area contributed by atoms with Gasteiger partial charge in [-0.25, -0.2) is 0 Å². The predicted octanol–water partition coefficient (Wildman–Crippen LogP) is 5.94. The molecule has 2 aromatic heterocycles. The maximum atomic E-state index is 5.92. The van der Waals surface area contributed by atoms with Gasteiger partial charge in [-0.3, -0.25) is 0 Å². The van der Waals surface area contributed by atoms with Gasteiger partial charge in [0.2, 0.25) is 23.6 Å². The third kappa shape index (κ3) is 4.52. The summed E-state index contributed by atoms with van der Waals surface area (Å²) in [5.74, 6) is 2.07. The normalized spacial score (nSPS) is 11.5. The molecule has 0 N–H and O–H groups in total. The van der Waals surface area contributed by atoms with Crippen molar-refractivity contribution in [3.8, 4) is 45.8 Å². The lowest BCUT2D eigenvalue weighted by Crippen LogP contribution is -2.52. The van der Waals surface area contributed by atoms with Crippen LogP contribution in [0.2, 0.25) is 13.1 Å². The van der Waals surface area contributed by atoms with Crippen LogP contribution in [0.1, 0.15) is 0 Å². The lowest BCUT2D eigenvalue weighted by Gasteiger charge is -2.24. The highest BCUT2D eigenvalue weighted by Crippen LogP contribution is 2.25. The molecule has 6 aromatic rings. The van der Waals surface area contributed by atoms with Crippen LogP contribution in [0, 0.1) is 0 Å². The van der Waals surface area contributed by atoms with E-state index in [0.29, 0.717) is 23.6 Å². The van der Waals surface area contributed by atoms with Crippen LogP contribution >= 0.6 is 0 Å². The maximum absolute atomic E-state index is 5.92. The van der Waals surface area contributed by atoms with Gasteiger partial charge in [-0.05, 0) is 48.5 Å². The highest BCUT2D eigenvalue weighted by atomic mass is 28.3. The smallest absolute Gasteiger partial charge is 0.248 e. The average Bonchev–Trinajstić information content (AvgIpc) is 3.65. The second kappa shape index (κ2) is 9.44. The number of rotatable bonds is 6. The lowest BCUT2D eigenvalue weighted by molar-refractivity contribution is 0.584. The zero-order valence-electron chi connectivity index (χ0n) is 20.5. The molecule has 7 heteroatoms. The number of aromatic nitrogens is 4. The Bertz CT molecular complexity index is 1500. The molecule has 0 amide bonds. The first-order valence-electron chi connectivity index (χ1n) is 12.1. The molecule has 0 spiro atoms. The fraction of sp³-hybridized carbons (Fsp3) is 0.0667. The van der Waals surface area contributed by atoms with Crippen molar-refractivity contribution in [2.75, 3.05) is 0 Å². The Hall–Kier alpha value is -4.62. The molecule has 2 heterocycles. The first-order chi connectivity index (χ1) is 18.1. The fourth-order valence-electron chi connectivity index (χ4n) is 4.30. The molecule has 0 saturated carbocycles. The Balaban J connectivity index is 1.20. The van der Waals surface area contributed by atoms with Gasteiger partial charge in [-0.15, -0.1) is 20.4 Å². The van der Waals surface area contributed by atoms with Crippen molar-refractivity contribution in [3.05, 3.63) is 109 Å². The first-order valence-corrected chi connectivity index (χ1v) is 15.1. The summed E-state index contributed by atoms with van der Waals surface area (Å²) in [7, 11) is -1.93. The SMILES string of the molecule is C[Si](C)(c1ccc(-c2nnc(-c3ccccc3)o2)cc1)c1ccc(-c2nnc(-c3ccccc3)o2)cc1. The second-order valence-electron chi connectivity index (χ2n) is 9.34. The number of nitrogens with zero attached hydrogens (tertiary/aromatic N) is 4. The Morgan fingerprint density at radius 2 is 0.703 bits per heavy atom. The minimum absolute atomic E-state index is 0.517. The summed E-state index contributed by atoms with van der Waals surface area (Å²) in [5.41, 5.74) is 3.63. The van der Waals surface area contributed by atoms with Crippen LogP contribution in [0.15, 0.2) is 118 Å². The largest absolute Gasteiger partial charge is 0.416 e. The standard InChI is InChI=1S/C30H24N4O2Si/c1-37(2,25-17-13-23(14-18-25)29-33-31-27(35-29)21-9-5-3-6-10-21)26-19-15-24(16-20-26)30-34-32-28(36-30)22-11-7-4-8-12-22/h3-20H,1-2H3. The van der Waals surface area contributed by atoms with Crippen molar-refractivity contribution in [2.24, 2.45) is 0 Å². The maximum Gasteiger partial charge on any atom is 0.248 e. The number of benzene rings is 4. The number of hydrogen-bond donors (Lipinski definition) is 0. The molecule has 6 rings (SSSR count). The third-order valence-corrected chi connectivity index (χ3v) is 10.2. The van der Waals surface area contributed by atoms with Gasteiger partial charge >= 0.3 is 0 Å². The molecule has 37 heavy (non-hydrogen) atoms.